The minimum absolute atomic E-state index is 0.853. The molecule has 3 fully saturated rings. The Hall–Kier alpha value is -0.730. The molecule has 0 aromatic heterocycles. The van der Waals surface area contributed by atoms with Crippen molar-refractivity contribution in [1.82, 2.24) is 4.90 Å². The summed E-state index contributed by atoms with van der Waals surface area (Å²) in [6.45, 7) is 6.93. The molecule has 3 atom stereocenters. The molecule has 1 saturated heterocycles. The van der Waals surface area contributed by atoms with Crippen LogP contribution in [0, 0.1) is 18.8 Å². The smallest absolute Gasteiger partial charge is 0.0426 e. The summed E-state index contributed by atoms with van der Waals surface area (Å²) >= 11 is 6.17. The van der Waals surface area contributed by atoms with E-state index in [-0.39, 0.29) is 0 Å². The summed E-state index contributed by atoms with van der Waals surface area (Å²) in [4.78, 5) is 5.30. The number of halogens is 1. The van der Waals surface area contributed by atoms with Crippen molar-refractivity contribution in [1.29, 1.82) is 0 Å². The standard InChI is InChI=1S/C18H25ClN2/c1-13-2-5-16(19)12-17(13)20-6-8-21(9-7-20)18-11-14-3-4-15(18)10-14/h2,5,12,14-15,18H,3-4,6-11H2,1H3/t14-,15-,18+/m0/s1. The summed E-state index contributed by atoms with van der Waals surface area (Å²) in [5.41, 5.74) is 2.67. The number of hydrogen-bond acceptors (Lipinski definition) is 2. The maximum absolute atomic E-state index is 6.17. The molecule has 2 saturated carbocycles. The zero-order chi connectivity index (χ0) is 14.4. The van der Waals surface area contributed by atoms with Crippen LogP contribution >= 0.6 is 11.6 Å². The third-order valence-electron chi connectivity index (χ3n) is 6.00. The lowest BCUT2D eigenvalue weighted by molar-refractivity contribution is 0.135. The van der Waals surface area contributed by atoms with Gasteiger partial charge < -0.3 is 4.90 Å². The summed E-state index contributed by atoms with van der Waals surface area (Å²) < 4.78 is 0. The zero-order valence-corrected chi connectivity index (χ0v) is 13.6. The van der Waals surface area contributed by atoms with E-state index in [0.29, 0.717) is 0 Å². The lowest BCUT2D eigenvalue weighted by Crippen LogP contribution is -2.51. The van der Waals surface area contributed by atoms with Crippen LogP contribution in [0.2, 0.25) is 5.02 Å². The van der Waals surface area contributed by atoms with Crippen LogP contribution in [0.5, 0.6) is 0 Å². The van der Waals surface area contributed by atoms with Gasteiger partial charge in [-0.25, -0.2) is 0 Å². The van der Waals surface area contributed by atoms with Crippen molar-refractivity contribution in [3.63, 3.8) is 0 Å². The first-order valence-electron chi connectivity index (χ1n) is 8.46. The third kappa shape index (κ3) is 2.57. The first-order valence-corrected chi connectivity index (χ1v) is 8.83. The minimum atomic E-state index is 0.853. The Morgan fingerprint density at radius 3 is 2.52 bits per heavy atom. The number of benzene rings is 1. The molecule has 0 N–H and O–H groups in total. The molecule has 2 bridgehead atoms. The number of aryl methyl sites for hydroxylation is 1. The van der Waals surface area contributed by atoms with Crippen LogP contribution in [-0.2, 0) is 0 Å². The second-order valence-corrected chi connectivity index (χ2v) is 7.63. The van der Waals surface area contributed by atoms with Crippen molar-refractivity contribution >= 4 is 17.3 Å². The highest BCUT2D eigenvalue weighted by Gasteiger charge is 2.42. The Balaban J connectivity index is 1.41. The van der Waals surface area contributed by atoms with E-state index in [1.54, 1.807) is 0 Å². The van der Waals surface area contributed by atoms with Gasteiger partial charge in [-0.15, -0.1) is 0 Å². The third-order valence-corrected chi connectivity index (χ3v) is 6.23. The Bertz CT molecular complexity index is 522. The monoisotopic (exact) mass is 304 g/mol. The Morgan fingerprint density at radius 2 is 1.86 bits per heavy atom. The number of rotatable bonds is 2. The van der Waals surface area contributed by atoms with Crippen molar-refractivity contribution in [2.75, 3.05) is 31.1 Å². The van der Waals surface area contributed by atoms with E-state index in [4.69, 9.17) is 11.6 Å². The van der Waals surface area contributed by atoms with Gasteiger partial charge in [0.15, 0.2) is 0 Å². The van der Waals surface area contributed by atoms with Gasteiger partial charge in [-0.05, 0) is 55.7 Å². The molecule has 114 valence electrons. The molecule has 21 heavy (non-hydrogen) atoms. The molecule has 1 aromatic carbocycles. The molecule has 0 amide bonds. The van der Waals surface area contributed by atoms with Crippen molar-refractivity contribution in [3.8, 4) is 0 Å². The summed E-state index contributed by atoms with van der Waals surface area (Å²) in [7, 11) is 0. The van der Waals surface area contributed by atoms with Gasteiger partial charge in [0.25, 0.3) is 0 Å². The van der Waals surface area contributed by atoms with Crippen LogP contribution in [0.1, 0.15) is 31.2 Å². The van der Waals surface area contributed by atoms with Gasteiger partial charge in [-0.3, -0.25) is 4.90 Å². The van der Waals surface area contributed by atoms with E-state index in [1.807, 2.05) is 6.07 Å². The van der Waals surface area contributed by atoms with Gasteiger partial charge >= 0.3 is 0 Å². The van der Waals surface area contributed by atoms with Gasteiger partial charge in [-0.1, -0.05) is 24.1 Å². The molecule has 0 spiro atoms. The lowest BCUT2D eigenvalue weighted by atomic mass is 9.93. The average Bonchev–Trinajstić information content (AvgIpc) is 3.13. The number of anilines is 1. The molecule has 1 aliphatic heterocycles. The normalized spacial score (nSPS) is 32.9. The fourth-order valence-corrected chi connectivity index (χ4v) is 5.04. The van der Waals surface area contributed by atoms with E-state index < -0.39 is 0 Å². The fraction of sp³-hybridized carbons (Fsp3) is 0.667. The van der Waals surface area contributed by atoms with E-state index >= 15 is 0 Å². The summed E-state index contributed by atoms with van der Waals surface area (Å²) in [6.07, 6.45) is 5.98. The van der Waals surface area contributed by atoms with E-state index in [9.17, 15) is 0 Å². The Morgan fingerprint density at radius 1 is 1.05 bits per heavy atom. The van der Waals surface area contributed by atoms with E-state index in [0.717, 1.165) is 36.0 Å². The predicted molar refractivity (Wildman–Crippen MR) is 89.2 cm³/mol. The summed E-state index contributed by atoms with van der Waals surface area (Å²) in [6, 6.07) is 7.15. The second kappa shape index (κ2) is 5.48. The van der Waals surface area contributed by atoms with E-state index in [2.05, 4.69) is 28.9 Å². The SMILES string of the molecule is Cc1ccc(Cl)cc1N1CCN([C@@H]2C[C@H]3CC[C@H]2C3)CC1. The first kappa shape index (κ1) is 13.9. The van der Waals surface area contributed by atoms with Gasteiger partial charge in [0.05, 0.1) is 0 Å². The van der Waals surface area contributed by atoms with Crippen LogP contribution in [-0.4, -0.2) is 37.1 Å². The molecule has 0 radical (unpaired) electrons. The van der Waals surface area contributed by atoms with Gasteiger partial charge in [-0.2, -0.15) is 0 Å². The minimum Gasteiger partial charge on any atom is -0.369 e. The molecule has 2 aliphatic carbocycles. The highest BCUT2D eigenvalue weighted by Crippen LogP contribution is 2.46. The first-order chi connectivity index (χ1) is 10.2. The number of piperazine rings is 1. The number of nitrogens with zero attached hydrogens (tertiary/aromatic N) is 2. The van der Waals surface area contributed by atoms with Crippen LogP contribution in [0.25, 0.3) is 0 Å². The average molecular weight is 305 g/mol. The maximum atomic E-state index is 6.17. The number of hydrogen-bond donors (Lipinski definition) is 0. The van der Waals surface area contributed by atoms with Crippen molar-refractivity contribution in [2.24, 2.45) is 11.8 Å². The van der Waals surface area contributed by atoms with Crippen LogP contribution in [0.15, 0.2) is 18.2 Å². The van der Waals surface area contributed by atoms with Gasteiger partial charge in [0.1, 0.15) is 0 Å². The quantitative estimate of drug-likeness (QED) is 0.816. The topological polar surface area (TPSA) is 6.48 Å². The van der Waals surface area contributed by atoms with Crippen LogP contribution < -0.4 is 4.90 Å². The molecule has 1 heterocycles. The highest BCUT2D eigenvalue weighted by atomic mass is 35.5. The molecular weight excluding hydrogens is 280 g/mol. The Labute approximate surface area is 133 Å². The lowest BCUT2D eigenvalue weighted by Gasteiger charge is -2.42. The van der Waals surface area contributed by atoms with Crippen molar-refractivity contribution in [3.05, 3.63) is 28.8 Å². The summed E-state index contributed by atoms with van der Waals surface area (Å²) in [5, 5.41) is 0.853. The number of fused-ring (bicyclic) bond motifs is 2. The van der Waals surface area contributed by atoms with Crippen LogP contribution in [0.4, 0.5) is 5.69 Å². The highest BCUT2D eigenvalue weighted by molar-refractivity contribution is 6.30. The van der Waals surface area contributed by atoms with Crippen molar-refractivity contribution < 1.29 is 0 Å². The molecule has 3 heteroatoms. The molecule has 2 nitrogen and oxygen atoms in total. The molecule has 4 rings (SSSR count). The van der Waals surface area contributed by atoms with E-state index in [1.165, 1.54) is 50.0 Å². The Kier molecular flexibility index (Phi) is 3.63. The molecule has 1 aromatic rings. The van der Waals surface area contributed by atoms with Gasteiger partial charge in [0, 0.05) is 42.9 Å². The van der Waals surface area contributed by atoms with Crippen LogP contribution in [0.3, 0.4) is 0 Å². The van der Waals surface area contributed by atoms with Gasteiger partial charge in [0.2, 0.25) is 0 Å². The maximum Gasteiger partial charge on any atom is 0.0426 e. The molecular formula is C18H25ClN2. The molecule has 3 aliphatic rings. The van der Waals surface area contributed by atoms with Crippen molar-refractivity contribution in [2.45, 2.75) is 38.6 Å². The summed E-state index contributed by atoms with van der Waals surface area (Å²) in [5.74, 6) is 2.06. The predicted octanol–water partition coefficient (Wildman–Crippen LogP) is 3.96. The zero-order valence-electron chi connectivity index (χ0n) is 12.9. The molecule has 0 unspecified atom stereocenters. The fourth-order valence-electron chi connectivity index (χ4n) is 4.88. The largest absolute Gasteiger partial charge is 0.369 e. The second-order valence-electron chi connectivity index (χ2n) is 7.20.